The second kappa shape index (κ2) is 7.98. The van der Waals surface area contributed by atoms with Crippen LogP contribution in [0.15, 0.2) is 24.3 Å². The lowest BCUT2D eigenvalue weighted by atomic mass is 10.2. The summed E-state index contributed by atoms with van der Waals surface area (Å²) in [5.41, 5.74) is 1.01. The summed E-state index contributed by atoms with van der Waals surface area (Å²) in [6, 6.07) is 8.04. The van der Waals surface area contributed by atoms with E-state index >= 15 is 0 Å². The molecule has 1 aromatic heterocycles. The smallest absolute Gasteiger partial charge is 0.317 e. The summed E-state index contributed by atoms with van der Waals surface area (Å²) < 4.78 is 1.17. The molecule has 0 bridgehead atoms. The third-order valence-corrected chi connectivity index (χ3v) is 4.39. The molecular formula is C16H23N3OS. The molecule has 0 saturated carbocycles. The minimum absolute atomic E-state index is 0.0224. The van der Waals surface area contributed by atoms with E-state index in [4.69, 9.17) is 0 Å². The molecule has 0 fully saturated rings. The van der Waals surface area contributed by atoms with Gasteiger partial charge in [0.15, 0.2) is 0 Å². The quantitative estimate of drug-likeness (QED) is 0.785. The maximum absolute atomic E-state index is 12.0. The molecule has 21 heavy (non-hydrogen) atoms. The maximum atomic E-state index is 12.0. The van der Waals surface area contributed by atoms with E-state index in [9.17, 15) is 4.79 Å². The third kappa shape index (κ3) is 4.70. The number of carbonyl (C=O) groups excluding carboxylic acids is 1. The number of hydrogen-bond acceptors (Lipinski definition) is 3. The van der Waals surface area contributed by atoms with Crippen molar-refractivity contribution in [3.05, 3.63) is 29.3 Å². The molecule has 0 radical (unpaired) electrons. The fourth-order valence-electron chi connectivity index (χ4n) is 2.14. The number of unbranched alkanes of at least 4 members (excludes halogenated alkanes) is 3. The molecule has 0 spiro atoms. The van der Waals surface area contributed by atoms with E-state index in [1.165, 1.54) is 24.0 Å². The fourth-order valence-corrected chi connectivity index (χ4v) is 3.17. The van der Waals surface area contributed by atoms with Gasteiger partial charge in [0.2, 0.25) is 0 Å². The molecule has 0 aliphatic heterocycles. The van der Waals surface area contributed by atoms with Crippen molar-refractivity contribution in [1.82, 2.24) is 15.2 Å². The summed E-state index contributed by atoms with van der Waals surface area (Å²) in [5.74, 6) is 0. The molecule has 0 saturated heterocycles. The van der Waals surface area contributed by atoms with Gasteiger partial charge in [0.1, 0.15) is 5.01 Å². The number of para-hydroxylation sites is 1. The summed E-state index contributed by atoms with van der Waals surface area (Å²) in [6.07, 6.45) is 4.68. The minimum Gasteiger partial charge on any atom is -0.338 e. The predicted molar refractivity (Wildman–Crippen MR) is 88.6 cm³/mol. The van der Waals surface area contributed by atoms with Crippen molar-refractivity contribution < 1.29 is 4.79 Å². The Morgan fingerprint density at radius 2 is 2.10 bits per heavy atom. The molecule has 1 aromatic carbocycles. The lowest BCUT2D eigenvalue weighted by Crippen LogP contribution is -2.37. The lowest BCUT2D eigenvalue weighted by Gasteiger charge is -2.16. The number of rotatable bonds is 7. The Kier molecular flexibility index (Phi) is 5.99. The van der Waals surface area contributed by atoms with E-state index < -0.39 is 0 Å². The monoisotopic (exact) mass is 305 g/mol. The highest BCUT2D eigenvalue weighted by Crippen LogP contribution is 2.22. The number of nitrogens with one attached hydrogen (secondary N) is 1. The number of nitrogens with zero attached hydrogens (tertiary/aromatic N) is 2. The van der Waals surface area contributed by atoms with E-state index in [0.29, 0.717) is 6.54 Å². The van der Waals surface area contributed by atoms with Gasteiger partial charge >= 0.3 is 6.03 Å². The Labute approximate surface area is 130 Å². The van der Waals surface area contributed by atoms with Gasteiger partial charge in [-0.3, -0.25) is 0 Å². The zero-order chi connectivity index (χ0) is 15.1. The SMILES string of the molecule is CCCCCCNC(=O)N(C)Cc1nc2ccccc2s1. The van der Waals surface area contributed by atoms with Crippen LogP contribution >= 0.6 is 11.3 Å². The first kappa shape index (κ1) is 15.8. The Balaban J connectivity index is 1.80. The molecule has 1 heterocycles. The van der Waals surface area contributed by atoms with E-state index in [2.05, 4.69) is 23.3 Å². The van der Waals surface area contributed by atoms with Crippen LogP contribution in [0.2, 0.25) is 0 Å². The minimum atomic E-state index is -0.0224. The first-order valence-electron chi connectivity index (χ1n) is 7.54. The zero-order valence-corrected chi connectivity index (χ0v) is 13.6. The number of urea groups is 1. The summed E-state index contributed by atoms with van der Waals surface area (Å²) in [4.78, 5) is 18.2. The molecule has 2 rings (SSSR count). The summed E-state index contributed by atoms with van der Waals surface area (Å²) in [5, 5.41) is 3.93. The van der Waals surface area contributed by atoms with Crippen LogP contribution in [-0.2, 0) is 6.54 Å². The number of aromatic nitrogens is 1. The van der Waals surface area contributed by atoms with Gasteiger partial charge in [-0.2, -0.15) is 0 Å². The number of hydrogen-bond donors (Lipinski definition) is 1. The molecule has 0 aliphatic rings. The average Bonchev–Trinajstić information content (AvgIpc) is 2.88. The van der Waals surface area contributed by atoms with E-state index in [1.807, 2.05) is 25.2 Å². The van der Waals surface area contributed by atoms with Crippen LogP contribution in [0, 0.1) is 0 Å². The maximum Gasteiger partial charge on any atom is 0.317 e. The molecule has 2 aromatic rings. The van der Waals surface area contributed by atoms with Crippen molar-refractivity contribution in [2.24, 2.45) is 0 Å². The first-order valence-corrected chi connectivity index (χ1v) is 8.35. The number of carbonyl (C=O) groups is 1. The van der Waals surface area contributed by atoms with Crippen LogP contribution in [0.5, 0.6) is 0 Å². The van der Waals surface area contributed by atoms with Gasteiger partial charge in [-0.05, 0) is 18.6 Å². The second-order valence-electron chi connectivity index (χ2n) is 5.22. The molecule has 0 unspecified atom stereocenters. The standard InChI is InChI=1S/C16H23N3OS/c1-3-4-5-8-11-17-16(20)19(2)12-15-18-13-9-6-7-10-14(13)21-15/h6-7,9-10H,3-5,8,11-12H2,1-2H3,(H,17,20). The molecule has 2 amide bonds. The van der Waals surface area contributed by atoms with Crippen molar-refractivity contribution >= 4 is 27.6 Å². The van der Waals surface area contributed by atoms with E-state index in [0.717, 1.165) is 23.5 Å². The molecule has 1 N–H and O–H groups in total. The van der Waals surface area contributed by atoms with Gasteiger partial charge in [0.25, 0.3) is 0 Å². The highest BCUT2D eigenvalue weighted by molar-refractivity contribution is 7.18. The Bertz CT molecular complexity index is 549. The van der Waals surface area contributed by atoms with Gasteiger partial charge in [0.05, 0.1) is 16.8 Å². The van der Waals surface area contributed by atoms with Crippen LogP contribution in [0.1, 0.15) is 37.6 Å². The van der Waals surface area contributed by atoms with Crippen molar-refractivity contribution in [3.8, 4) is 0 Å². The number of amides is 2. The average molecular weight is 305 g/mol. The van der Waals surface area contributed by atoms with E-state index in [1.54, 1.807) is 16.2 Å². The van der Waals surface area contributed by atoms with Crippen molar-refractivity contribution in [2.45, 2.75) is 39.2 Å². The predicted octanol–water partition coefficient (Wildman–Crippen LogP) is 4.02. The molecule has 0 aliphatic carbocycles. The number of benzene rings is 1. The van der Waals surface area contributed by atoms with Crippen molar-refractivity contribution in [2.75, 3.05) is 13.6 Å². The van der Waals surface area contributed by atoms with Crippen LogP contribution in [-0.4, -0.2) is 29.5 Å². The highest BCUT2D eigenvalue weighted by atomic mass is 32.1. The largest absolute Gasteiger partial charge is 0.338 e. The van der Waals surface area contributed by atoms with Crippen LogP contribution in [0.3, 0.4) is 0 Å². The summed E-state index contributed by atoms with van der Waals surface area (Å²) >= 11 is 1.65. The number of fused-ring (bicyclic) bond motifs is 1. The van der Waals surface area contributed by atoms with Gasteiger partial charge in [-0.1, -0.05) is 38.3 Å². The zero-order valence-electron chi connectivity index (χ0n) is 12.8. The van der Waals surface area contributed by atoms with Gasteiger partial charge < -0.3 is 10.2 Å². The van der Waals surface area contributed by atoms with Gasteiger partial charge in [-0.25, -0.2) is 9.78 Å². The Hall–Kier alpha value is -1.62. The first-order chi connectivity index (χ1) is 10.2. The normalized spacial score (nSPS) is 10.8. The van der Waals surface area contributed by atoms with Crippen molar-refractivity contribution in [3.63, 3.8) is 0 Å². The van der Waals surface area contributed by atoms with Gasteiger partial charge in [0, 0.05) is 13.6 Å². The second-order valence-corrected chi connectivity index (χ2v) is 6.34. The van der Waals surface area contributed by atoms with E-state index in [-0.39, 0.29) is 6.03 Å². The third-order valence-electron chi connectivity index (χ3n) is 3.36. The molecule has 4 nitrogen and oxygen atoms in total. The summed E-state index contributed by atoms with van der Waals surface area (Å²) in [7, 11) is 1.81. The molecule has 114 valence electrons. The lowest BCUT2D eigenvalue weighted by molar-refractivity contribution is 0.206. The van der Waals surface area contributed by atoms with Crippen molar-refractivity contribution in [1.29, 1.82) is 0 Å². The van der Waals surface area contributed by atoms with Crippen LogP contribution in [0.25, 0.3) is 10.2 Å². The summed E-state index contributed by atoms with van der Waals surface area (Å²) in [6.45, 7) is 3.49. The fraction of sp³-hybridized carbons (Fsp3) is 0.500. The molecule has 0 atom stereocenters. The molecule has 5 heteroatoms. The van der Waals surface area contributed by atoms with Gasteiger partial charge in [-0.15, -0.1) is 11.3 Å². The van der Waals surface area contributed by atoms with Crippen LogP contribution < -0.4 is 5.32 Å². The Morgan fingerprint density at radius 3 is 2.86 bits per heavy atom. The van der Waals surface area contributed by atoms with Crippen LogP contribution in [0.4, 0.5) is 4.79 Å². The molecular weight excluding hydrogens is 282 g/mol. The Morgan fingerprint density at radius 1 is 1.29 bits per heavy atom. The number of thiazole rings is 1. The topological polar surface area (TPSA) is 45.2 Å². The highest BCUT2D eigenvalue weighted by Gasteiger charge is 2.11.